The highest BCUT2D eigenvalue weighted by Crippen LogP contribution is 2.28. The molecule has 4 heteroatoms. The zero-order valence-corrected chi connectivity index (χ0v) is 10.2. The number of nitrogen functional groups attached to an aromatic ring is 1. The normalized spacial score (nSPS) is 17.7. The molecule has 1 aromatic carbocycles. The van der Waals surface area contributed by atoms with Crippen LogP contribution in [0.25, 0.3) is 0 Å². The summed E-state index contributed by atoms with van der Waals surface area (Å²) in [6.07, 6.45) is 0.667. The van der Waals surface area contributed by atoms with Gasteiger partial charge in [-0.25, -0.2) is 0 Å². The molecule has 0 aromatic heterocycles. The van der Waals surface area contributed by atoms with Gasteiger partial charge in [0.2, 0.25) is 0 Å². The number of likely N-dealkylation sites (tertiary alicyclic amines) is 1. The van der Waals surface area contributed by atoms with Gasteiger partial charge in [-0.3, -0.25) is 4.79 Å². The Morgan fingerprint density at radius 3 is 2.71 bits per heavy atom. The van der Waals surface area contributed by atoms with Gasteiger partial charge in [0, 0.05) is 5.69 Å². The average Bonchev–Trinajstić information content (AvgIpc) is 2.24. The molecule has 0 aliphatic carbocycles. The second-order valence-electron chi connectivity index (χ2n) is 4.78. The minimum atomic E-state index is -0.701. The minimum Gasteiger partial charge on any atom is -0.398 e. The van der Waals surface area contributed by atoms with E-state index in [0.717, 1.165) is 5.56 Å². The number of rotatable bonds is 2. The summed E-state index contributed by atoms with van der Waals surface area (Å²) in [5.74, 6) is -0.0845. The van der Waals surface area contributed by atoms with Gasteiger partial charge in [-0.1, -0.05) is 19.1 Å². The molecule has 1 amide bonds. The summed E-state index contributed by atoms with van der Waals surface area (Å²) < 4.78 is 0. The number of β-amino-alcohol motifs (C(OH)–C–C–N with tert-alkyl or cyclic N) is 1. The standard InChI is InChI=1S/C13H18N2O2/c1-3-13(17)7-15(8-13)12(16)11-9(2)5-4-6-10(11)14/h4-6,17H,3,7-8,14H2,1-2H3. The van der Waals surface area contributed by atoms with Crippen molar-refractivity contribution in [3.8, 4) is 0 Å². The fourth-order valence-corrected chi connectivity index (χ4v) is 2.17. The van der Waals surface area contributed by atoms with Crippen molar-refractivity contribution in [2.24, 2.45) is 0 Å². The molecular formula is C13H18N2O2. The number of aryl methyl sites for hydroxylation is 1. The number of anilines is 1. The molecule has 1 aliphatic heterocycles. The van der Waals surface area contributed by atoms with Gasteiger partial charge in [-0.15, -0.1) is 0 Å². The van der Waals surface area contributed by atoms with E-state index in [2.05, 4.69) is 0 Å². The first kappa shape index (κ1) is 11.9. The lowest BCUT2D eigenvalue weighted by Crippen LogP contribution is -2.63. The highest BCUT2D eigenvalue weighted by Gasteiger charge is 2.42. The van der Waals surface area contributed by atoms with Gasteiger partial charge in [0.1, 0.15) is 0 Å². The van der Waals surface area contributed by atoms with Crippen molar-refractivity contribution >= 4 is 11.6 Å². The third-order valence-corrected chi connectivity index (χ3v) is 3.43. The van der Waals surface area contributed by atoms with E-state index < -0.39 is 5.60 Å². The Labute approximate surface area is 101 Å². The summed E-state index contributed by atoms with van der Waals surface area (Å²) in [4.78, 5) is 13.8. The zero-order chi connectivity index (χ0) is 12.6. The molecule has 0 radical (unpaired) electrons. The zero-order valence-electron chi connectivity index (χ0n) is 10.2. The molecule has 92 valence electrons. The second-order valence-corrected chi connectivity index (χ2v) is 4.78. The van der Waals surface area contributed by atoms with Crippen molar-refractivity contribution in [2.45, 2.75) is 25.9 Å². The average molecular weight is 234 g/mol. The number of hydrogen-bond donors (Lipinski definition) is 2. The number of aliphatic hydroxyl groups is 1. The topological polar surface area (TPSA) is 66.6 Å². The Hall–Kier alpha value is -1.55. The van der Waals surface area contributed by atoms with Crippen LogP contribution in [0.2, 0.25) is 0 Å². The predicted octanol–water partition coefficient (Wildman–Crippen LogP) is 1.17. The van der Waals surface area contributed by atoms with Gasteiger partial charge < -0.3 is 15.7 Å². The SMILES string of the molecule is CCC1(O)CN(C(=O)c2c(C)cccc2N)C1. The van der Waals surface area contributed by atoms with E-state index in [4.69, 9.17) is 5.73 Å². The van der Waals surface area contributed by atoms with Gasteiger partial charge >= 0.3 is 0 Å². The Morgan fingerprint density at radius 1 is 1.53 bits per heavy atom. The van der Waals surface area contributed by atoms with E-state index in [0.29, 0.717) is 30.8 Å². The van der Waals surface area contributed by atoms with Crippen LogP contribution >= 0.6 is 0 Å². The van der Waals surface area contributed by atoms with Gasteiger partial charge in [0.15, 0.2) is 0 Å². The van der Waals surface area contributed by atoms with Crippen molar-refractivity contribution in [1.82, 2.24) is 4.90 Å². The van der Waals surface area contributed by atoms with Gasteiger partial charge in [-0.05, 0) is 25.0 Å². The summed E-state index contributed by atoms with van der Waals surface area (Å²) in [5.41, 5.74) is 7.07. The quantitative estimate of drug-likeness (QED) is 0.755. The van der Waals surface area contributed by atoms with Crippen molar-refractivity contribution in [2.75, 3.05) is 18.8 Å². The maximum atomic E-state index is 12.2. The lowest BCUT2D eigenvalue weighted by molar-refractivity contribution is -0.0826. The molecule has 3 N–H and O–H groups in total. The number of amides is 1. The van der Waals surface area contributed by atoms with Crippen LogP contribution in [0.4, 0.5) is 5.69 Å². The number of nitrogens with zero attached hydrogens (tertiary/aromatic N) is 1. The molecule has 2 rings (SSSR count). The number of hydrogen-bond acceptors (Lipinski definition) is 3. The van der Waals surface area contributed by atoms with Crippen LogP contribution < -0.4 is 5.73 Å². The number of carbonyl (C=O) groups excluding carboxylic acids is 1. The highest BCUT2D eigenvalue weighted by atomic mass is 16.3. The van der Waals surface area contributed by atoms with E-state index >= 15 is 0 Å². The Balaban J connectivity index is 2.17. The molecule has 1 aromatic rings. The summed E-state index contributed by atoms with van der Waals surface area (Å²) in [6, 6.07) is 5.43. The van der Waals surface area contributed by atoms with Crippen molar-refractivity contribution in [1.29, 1.82) is 0 Å². The van der Waals surface area contributed by atoms with Gasteiger partial charge in [0.05, 0.1) is 24.3 Å². The molecule has 1 saturated heterocycles. The molecular weight excluding hydrogens is 216 g/mol. The van der Waals surface area contributed by atoms with E-state index in [1.807, 2.05) is 26.0 Å². The Morgan fingerprint density at radius 2 is 2.18 bits per heavy atom. The smallest absolute Gasteiger partial charge is 0.256 e. The summed E-state index contributed by atoms with van der Waals surface area (Å²) in [6.45, 7) is 4.59. The first-order chi connectivity index (χ1) is 7.97. The van der Waals surface area contributed by atoms with Crippen molar-refractivity contribution < 1.29 is 9.90 Å². The third kappa shape index (κ3) is 2.00. The van der Waals surface area contributed by atoms with E-state index in [1.165, 1.54) is 0 Å². The lowest BCUT2D eigenvalue weighted by atomic mass is 9.90. The van der Waals surface area contributed by atoms with Crippen LogP contribution in [0.3, 0.4) is 0 Å². The second kappa shape index (κ2) is 4.04. The summed E-state index contributed by atoms with van der Waals surface area (Å²) in [5, 5.41) is 9.90. The fraction of sp³-hybridized carbons (Fsp3) is 0.462. The minimum absolute atomic E-state index is 0.0845. The van der Waals surface area contributed by atoms with Crippen molar-refractivity contribution in [3.05, 3.63) is 29.3 Å². The first-order valence-corrected chi connectivity index (χ1v) is 5.83. The molecule has 0 saturated carbocycles. The lowest BCUT2D eigenvalue weighted by Gasteiger charge is -2.46. The number of nitrogens with two attached hydrogens (primary N) is 1. The molecule has 0 unspecified atom stereocenters. The van der Waals surface area contributed by atoms with E-state index in [1.54, 1.807) is 11.0 Å². The summed E-state index contributed by atoms with van der Waals surface area (Å²) >= 11 is 0. The van der Waals surface area contributed by atoms with Gasteiger partial charge in [0.25, 0.3) is 5.91 Å². The van der Waals surface area contributed by atoms with Crippen molar-refractivity contribution in [3.63, 3.8) is 0 Å². The van der Waals surface area contributed by atoms with Crippen LogP contribution in [-0.2, 0) is 0 Å². The number of carbonyl (C=O) groups is 1. The van der Waals surface area contributed by atoms with Gasteiger partial charge in [-0.2, -0.15) is 0 Å². The van der Waals surface area contributed by atoms with Crippen LogP contribution in [-0.4, -0.2) is 34.6 Å². The highest BCUT2D eigenvalue weighted by molar-refractivity contribution is 6.01. The molecule has 1 heterocycles. The van der Waals surface area contributed by atoms with Crippen LogP contribution in [0, 0.1) is 6.92 Å². The Kier molecular flexibility index (Phi) is 2.83. The number of benzene rings is 1. The molecule has 0 spiro atoms. The largest absolute Gasteiger partial charge is 0.398 e. The van der Waals surface area contributed by atoms with Crippen LogP contribution in [0.15, 0.2) is 18.2 Å². The van der Waals surface area contributed by atoms with E-state index in [9.17, 15) is 9.90 Å². The maximum Gasteiger partial charge on any atom is 0.256 e. The molecule has 4 nitrogen and oxygen atoms in total. The molecule has 0 bridgehead atoms. The van der Waals surface area contributed by atoms with Crippen LogP contribution in [0.1, 0.15) is 29.3 Å². The summed E-state index contributed by atoms with van der Waals surface area (Å²) in [7, 11) is 0. The van der Waals surface area contributed by atoms with E-state index in [-0.39, 0.29) is 5.91 Å². The molecule has 1 fully saturated rings. The predicted molar refractivity (Wildman–Crippen MR) is 66.7 cm³/mol. The van der Waals surface area contributed by atoms with Crippen LogP contribution in [0.5, 0.6) is 0 Å². The molecule has 17 heavy (non-hydrogen) atoms. The first-order valence-electron chi connectivity index (χ1n) is 5.83. The molecule has 0 atom stereocenters. The Bertz CT molecular complexity index is 430. The third-order valence-electron chi connectivity index (χ3n) is 3.43. The molecule has 1 aliphatic rings. The monoisotopic (exact) mass is 234 g/mol. The fourth-order valence-electron chi connectivity index (χ4n) is 2.17. The maximum absolute atomic E-state index is 12.2.